The number of amides is 1. The summed E-state index contributed by atoms with van der Waals surface area (Å²) in [6, 6.07) is 7.42. The van der Waals surface area contributed by atoms with Gasteiger partial charge in [0.2, 0.25) is 11.1 Å². The van der Waals surface area contributed by atoms with Crippen molar-refractivity contribution in [2.75, 3.05) is 22.6 Å². The van der Waals surface area contributed by atoms with Crippen molar-refractivity contribution in [2.24, 2.45) is 0 Å². The standard InChI is InChI=1S/C19H23N7O3S2/c1-12-5-4-6-13(2)18(12)26-19(21-23-24-26)30-10-17(27)20-16-9-14(3)22-25(16)15-7-8-31(28,29)11-15/h4-6,9,15H,7-8,10-11H2,1-3H3,(H,20,27)/t15-/m0/s1. The molecule has 10 nitrogen and oxygen atoms in total. The number of carbonyl (C=O) groups excluding carboxylic acids is 1. The molecule has 0 aliphatic carbocycles. The van der Waals surface area contributed by atoms with E-state index in [4.69, 9.17) is 0 Å². The largest absolute Gasteiger partial charge is 0.310 e. The molecule has 1 N–H and O–H groups in total. The van der Waals surface area contributed by atoms with E-state index in [0.717, 1.165) is 16.8 Å². The molecule has 12 heteroatoms. The van der Waals surface area contributed by atoms with Gasteiger partial charge in [-0.15, -0.1) is 5.10 Å². The Morgan fingerprint density at radius 2 is 2.00 bits per heavy atom. The minimum atomic E-state index is -3.06. The van der Waals surface area contributed by atoms with Gasteiger partial charge in [0.25, 0.3) is 0 Å². The number of thioether (sulfide) groups is 1. The topological polar surface area (TPSA) is 125 Å². The highest BCUT2D eigenvalue weighted by molar-refractivity contribution is 7.99. The van der Waals surface area contributed by atoms with Gasteiger partial charge in [-0.05, 0) is 48.7 Å². The summed E-state index contributed by atoms with van der Waals surface area (Å²) in [5.74, 6) is 0.526. The summed E-state index contributed by atoms with van der Waals surface area (Å²) in [5.41, 5.74) is 3.67. The molecule has 1 aliphatic heterocycles. The summed E-state index contributed by atoms with van der Waals surface area (Å²) in [6.07, 6.45) is 0.492. The van der Waals surface area contributed by atoms with Crippen molar-refractivity contribution in [3.8, 4) is 5.69 Å². The van der Waals surface area contributed by atoms with E-state index in [0.29, 0.717) is 23.1 Å². The van der Waals surface area contributed by atoms with Gasteiger partial charge in [-0.25, -0.2) is 13.1 Å². The Balaban J connectivity index is 1.46. The lowest BCUT2D eigenvalue weighted by Gasteiger charge is -2.14. The maximum absolute atomic E-state index is 12.6. The molecule has 0 spiro atoms. The maximum atomic E-state index is 12.6. The number of anilines is 1. The average Bonchev–Trinajstić information content (AvgIpc) is 3.39. The first kappa shape index (κ1) is 21.5. The number of nitrogens with zero attached hydrogens (tertiary/aromatic N) is 6. The van der Waals surface area contributed by atoms with Crippen molar-refractivity contribution in [2.45, 2.75) is 38.4 Å². The van der Waals surface area contributed by atoms with Crippen LogP contribution in [0.5, 0.6) is 0 Å². The van der Waals surface area contributed by atoms with Crippen LogP contribution in [0.15, 0.2) is 29.4 Å². The van der Waals surface area contributed by atoms with E-state index in [1.54, 1.807) is 15.4 Å². The maximum Gasteiger partial charge on any atom is 0.235 e. The van der Waals surface area contributed by atoms with Crippen LogP contribution in [0.3, 0.4) is 0 Å². The number of carbonyl (C=O) groups is 1. The molecule has 1 saturated heterocycles. The summed E-state index contributed by atoms with van der Waals surface area (Å²) < 4.78 is 26.9. The Bertz CT molecular complexity index is 1210. The Morgan fingerprint density at radius 1 is 1.26 bits per heavy atom. The van der Waals surface area contributed by atoms with Crippen LogP contribution in [0.4, 0.5) is 5.82 Å². The van der Waals surface area contributed by atoms with Gasteiger partial charge in [0.15, 0.2) is 9.84 Å². The highest BCUT2D eigenvalue weighted by Crippen LogP contribution is 2.28. The molecular formula is C19H23N7O3S2. The first-order chi connectivity index (χ1) is 14.7. The molecule has 1 aliphatic rings. The molecule has 0 saturated carbocycles. The van der Waals surface area contributed by atoms with Crippen LogP contribution in [-0.2, 0) is 14.6 Å². The molecule has 0 unspecified atom stereocenters. The lowest BCUT2D eigenvalue weighted by molar-refractivity contribution is -0.113. The second-order valence-corrected chi connectivity index (χ2v) is 10.8. The molecule has 4 rings (SSSR count). The average molecular weight is 462 g/mol. The van der Waals surface area contributed by atoms with Gasteiger partial charge in [-0.1, -0.05) is 30.0 Å². The monoisotopic (exact) mass is 461 g/mol. The molecule has 1 fully saturated rings. The second kappa shape index (κ2) is 8.42. The van der Waals surface area contributed by atoms with Crippen molar-refractivity contribution >= 4 is 33.3 Å². The van der Waals surface area contributed by atoms with Crippen molar-refractivity contribution in [1.82, 2.24) is 30.0 Å². The van der Waals surface area contributed by atoms with Crippen molar-refractivity contribution in [3.63, 3.8) is 0 Å². The summed E-state index contributed by atoms with van der Waals surface area (Å²) in [7, 11) is -3.06. The van der Waals surface area contributed by atoms with Crippen LogP contribution in [0.25, 0.3) is 5.69 Å². The van der Waals surface area contributed by atoms with Crippen LogP contribution in [0.2, 0.25) is 0 Å². The fourth-order valence-corrected chi connectivity index (χ4v) is 6.08. The fraction of sp³-hybridized carbons (Fsp3) is 0.421. The third kappa shape index (κ3) is 4.64. The molecule has 31 heavy (non-hydrogen) atoms. The molecule has 1 atom stereocenters. The predicted octanol–water partition coefficient (Wildman–Crippen LogP) is 1.87. The van der Waals surface area contributed by atoms with Crippen LogP contribution in [-0.4, -0.2) is 61.6 Å². The third-order valence-electron chi connectivity index (χ3n) is 5.10. The zero-order valence-corrected chi connectivity index (χ0v) is 19.1. The first-order valence-corrected chi connectivity index (χ1v) is 12.6. The van der Waals surface area contributed by atoms with Crippen LogP contribution >= 0.6 is 11.8 Å². The van der Waals surface area contributed by atoms with E-state index in [-0.39, 0.29) is 29.2 Å². The second-order valence-electron chi connectivity index (χ2n) is 7.62. The number of hydrogen-bond donors (Lipinski definition) is 1. The third-order valence-corrected chi connectivity index (χ3v) is 7.77. The van der Waals surface area contributed by atoms with Crippen LogP contribution in [0.1, 0.15) is 29.3 Å². The normalized spacial score (nSPS) is 17.7. The Labute approximate surface area is 184 Å². The van der Waals surface area contributed by atoms with E-state index in [9.17, 15) is 13.2 Å². The Hall–Kier alpha value is -2.73. The van der Waals surface area contributed by atoms with Gasteiger partial charge in [0.1, 0.15) is 5.82 Å². The molecule has 0 bridgehead atoms. The highest BCUT2D eigenvalue weighted by atomic mass is 32.2. The first-order valence-electron chi connectivity index (χ1n) is 9.78. The number of rotatable bonds is 6. The minimum absolute atomic E-state index is 0.0380. The van der Waals surface area contributed by atoms with Crippen molar-refractivity contribution < 1.29 is 13.2 Å². The van der Waals surface area contributed by atoms with E-state index in [1.165, 1.54) is 11.8 Å². The molecular weight excluding hydrogens is 438 g/mol. The van der Waals surface area contributed by atoms with Gasteiger partial charge < -0.3 is 5.32 Å². The number of aryl methyl sites for hydroxylation is 3. The van der Waals surface area contributed by atoms with Gasteiger partial charge in [-0.2, -0.15) is 9.78 Å². The summed E-state index contributed by atoms with van der Waals surface area (Å²) in [5, 5.41) is 19.7. The quantitative estimate of drug-likeness (QED) is 0.552. The summed E-state index contributed by atoms with van der Waals surface area (Å²) >= 11 is 1.23. The van der Waals surface area contributed by atoms with Gasteiger partial charge >= 0.3 is 0 Å². The number of sulfone groups is 1. The molecule has 1 amide bonds. The summed E-state index contributed by atoms with van der Waals surface area (Å²) in [4.78, 5) is 12.6. The van der Waals surface area contributed by atoms with Gasteiger partial charge in [-0.3, -0.25) is 4.79 Å². The van der Waals surface area contributed by atoms with E-state index in [2.05, 4.69) is 25.9 Å². The predicted molar refractivity (Wildman–Crippen MR) is 117 cm³/mol. The molecule has 1 aromatic carbocycles. The lowest BCUT2D eigenvalue weighted by atomic mass is 10.1. The fourth-order valence-electron chi connectivity index (χ4n) is 3.71. The smallest absolute Gasteiger partial charge is 0.235 e. The Kier molecular flexibility index (Phi) is 5.84. The number of nitrogens with one attached hydrogen (secondary N) is 1. The summed E-state index contributed by atoms with van der Waals surface area (Å²) in [6.45, 7) is 5.78. The molecule has 3 heterocycles. The van der Waals surface area contributed by atoms with E-state index >= 15 is 0 Å². The molecule has 164 valence electrons. The number of benzene rings is 1. The van der Waals surface area contributed by atoms with Gasteiger partial charge in [0.05, 0.1) is 34.7 Å². The number of hydrogen-bond acceptors (Lipinski definition) is 8. The highest BCUT2D eigenvalue weighted by Gasteiger charge is 2.31. The molecule has 0 radical (unpaired) electrons. The van der Waals surface area contributed by atoms with E-state index < -0.39 is 9.84 Å². The Morgan fingerprint density at radius 3 is 2.68 bits per heavy atom. The zero-order valence-electron chi connectivity index (χ0n) is 17.4. The number of tetrazole rings is 1. The number of aromatic nitrogens is 6. The van der Waals surface area contributed by atoms with Crippen molar-refractivity contribution in [3.05, 3.63) is 41.1 Å². The number of para-hydroxylation sites is 1. The minimum Gasteiger partial charge on any atom is -0.310 e. The molecule has 2 aromatic heterocycles. The van der Waals surface area contributed by atoms with E-state index in [1.807, 2.05) is 39.0 Å². The lowest BCUT2D eigenvalue weighted by Crippen LogP contribution is -2.21. The SMILES string of the molecule is Cc1cc(NC(=O)CSc2nnnn2-c2c(C)cccc2C)n([C@H]2CCS(=O)(=O)C2)n1. The zero-order chi connectivity index (χ0) is 22.2. The van der Waals surface area contributed by atoms with Crippen LogP contribution in [0, 0.1) is 20.8 Å². The van der Waals surface area contributed by atoms with Crippen molar-refractivity contribution in [1.29, 1.82) is 0 Å². The van der Waals surface area contributed by atoms with Crippen LogP contribution < -0.4 is 5.32 Å². The molecule has 3 aromatic rings. The van der Waals surface area contributed by atoms with Gasteiger partial charge in [0, 0.05) is 6.07 Å².